The minimum absolute atomic E-state index is 0.696. The van der Waals surface area contributed by atoms with Gasteiger partial charge < -0.3 is 10.1 Å². The first kappa shape index (κ1) is 13.1. The molecule has 0 bridgehead atoms. The number of hydrogen-bond donors (Lipinski definition) is 2. The minimum Gasteiger partial charge on any atom is -0.495 e. The van der Waals surface area contributed by atoms with E-state index in [9.17, 15) is 0 Å². The maximum Gasteiger partial charge on any atom is 0.188 e. The lowest BCUT2D eigenvalue weighted by molar-refractivity contribution is 0.334. The average molecular weight is 265 g/mol. The van der Waals surface area contributed by atoms with Crippen LogP contribution in [0.3, 0.4) is 0 Å². The van der Waals surface area contributed by atoms with Crippen molar-refractivity contribution in [2.24, 2.45) is 0 Å². The van der Waals surface area contributed by atoms with Crippen molar-refractivity contribution < 1.29 is 4.74 Å². The van der Waals surface area contributed by atoms with Gasteiger partial charge in [-0.3, -0.25) is 5.01 Å². The molecular formula is C13H19N3OS. The van der Waals surface area contributed by atoms with Crippen LogP contribution in [0, 0.1) is 0 Å². The molecule has 0 radical (unpaired) electrons. The molecule has 98 valence electrons. The third-order valence-electron chi connectivity index (χ3n) is 2.95. The Morgan fingerprint density at radius 1 is 1.33 bits per heavy atom. The van der Waals surface area contributed by atoms with E-state index in [2.05, 4.69) is 10.7 Å². The van der Waals surface area contributed by atoms with Gasteiger partial charge in [-0.05, 0) is 37.2 Å². The Labute approximate surface area is 113 Å². The summed E-state index contributed by atoms with van der Waals surface area (Å²) in [6, 6.07) is 7.78. The number of hydrazine groups is 1. The number of ether oxygens (including phenoxy) is 1. The van der Waals surface area contributed by atoms with Crippen LogP contribution in [0.15, 0.2) is 24.3 Å². The van der Waals surface area contributed by atoms with Crippen LogP contribution >= 0.6 is 12.2 Å². The first-order chi connectivity index (χ1) is 8.81. The van der Waals surface area contributed by atoms with Gasteiger partial charge in [0.25, 0.3) is 0 Å². The number of nitrogens with one attached hydrogen (secondary N) is 2. The summed E-state index contributed by atoms with van der Waals surface area (Å²) in [5, 5.41) is 5.93. The Hall–Kier alpha value is -1.33. The molecule has 1 fully saturated rings. The van der Waals surface area contributed by atoms with Crippen molar-refractivity contribution >= 4 is 23.0 Å². The fraction of sp³-hybridized carbons (Fsp3) is 0.462. The lowest BCUT2D eigenvalue weighted by Gasteiger charge is -2.24. The summed E-state index contributed by atoms with van der Waals surface area (Å²) in [6.45, 7) is 1.93. The third-order valence-corrected chi connectivity index (χ3v) is 3.28. The zero-order chi connectivity index (χ0) is 12.8. The van der Waals surface area contributed by atoms with Crippen molar-refractivity contribution in [3.63, 3.8) is 0 Å². The number of thiocarbonyl (C=S) groups is 1. The minimum atomic E-state index is 0.696. The molecule has 5 heteroatoms. The van der Waals surface area contributed by atoms with Gasteiger partial charge >= 0.3 is 0 Å². The van der Waals surface area contributed by atoms with E-state index in [0.29, 0.717) is 5.11 Å². The van der Waals surface area contributed by atoms with Gasteiger partial charge in [-0.25, -0.2) is 5.43 Å². The monoisotopic (exact) mass is 265 g/mol. The zero-order valence-corrected chi connectivity index (χ0v) is 11.4. The smallest absolute Gasteiger partial charge is 0.188 e. The van der Waals surface area contributed by atoms with Crippen molar-refractivity contribution in [1.82, 2.24) is 10.4 Å². The van der Waals surface area contributed by atoms with E-state index in [4.69, 9.17) is 17.0 Å². The van der Waals surface area contributed by atoms with E-state index in [0.717, 1.165) is 24.5 Å². The van der Waals surface area contributed by atoms with Gasteiger partial charge in [0.2, 0.25) is 0 Å². The van der Waals surface area contributed by atoms with Crippen LogP contribution < -0.4 is 15.5 Å². The molecule has 0 aromatic heterocycles. The summed E-state index contributed by atoms with van der Waals surface area (Å²) in [4.78, 5) is 0. The molecule has 0 atom stereocenters. The molecule has 1 heterocycles. The summed E-state index contributed by atoms with van der Waals surface area (Å²) in [6.07, 6.45) is 3.62. The Balaban J connectivity index is 2.01. The number of benzene rings is 1. The van der Waals surface area contributed by atoms with E-state index in [1.807, 2.05) is 29.3 Å². The van der Waals surface area contributed by atoms with E-state index in [-0.39, 0.29) is 0 Å². The second-order valence-electron chi connectivity index (χ2n) is 4.25. The maximum absolute atomic E-state index is 5.42. The molecule has 0 aliphatic carbocycles. The van der Waals surface area contributed by atoms with Crippen molar-refractivity contribution in [2.45, 2.75) is 19.3 Å². The number of rotatable bonds is 2. The first-order valence-corrected chi connectivity index (χ1v) is 6.67. The van der Waals surface area contributed by atoms with Crippen LogP contribution in [0.4, 0.5) is 5.69 Å². The maximum atomic E-state index is 5.42. The topological polar surface area (TPSA) is 36.5 Å². The van der Waals surface area contributed by atoms with E-state index in [1.54, 1.807) is 7.11 Å². The van der Waals surface area contributed by atoms with Crippen molar-refractivity contribution in [2.75, 3.05) is 25.5 Å². The zero-order valence-electron chi connectivity index (χ0n) is 10.6. The van der Waals surface area contributed by atoms with E-state index in [1.165, 1.54) is 19.3 Å². The Kier molecular flexibility index (Phi) is 4.78. The van der Waals surface area contributed by atoms with Gasteiger partial charge in [-0.1, -0.05) is 18.6 Å². The molecule has 0 spiro atoms. The van der Waals surface area contributed by atoms with Crippen molar-refractivity contribution in [3.05, 3.63) is 24.3 Å². The van der Waals surface area contributed by atoms with Crippen molar-refractivity contribution in [1.29, 1.82) is 0 Å². The summed E-state index contributed by atoms with van der Waals surface area (Å²) in [7, 11) is 1.66. The second kappa shape index (κ2) is 6.56. The van der Waals surface area contributed by atoms with Crippen LogP contribution in [0.25, 0.3) is 0 Å². The molecule has 1 saturated heterocycles. The van der Waals surface area contributed by atoms with E-state index < -0.39 is 0 Å². The summed E-state index contributed by atoms with van der Waals surface area (Å²) in [5.74, 6) is 0.801. The highest BCUT2D eigenvalue weighted by molar-refractivity contribution is 7.80. The molecule has 2 N–H and O–H groups in total. The molecule has 1 aromatic carbocycles. The molecule has 0 amide bonds. The lowest BCUT2D eigenvalue weighted by atomic mass is 10.2. The van der Waals surface area contributed by atoms with Gasteiger partial charge in [0.05, 0.1) is 12.8 Å². The number of methoxy groups -OCH3 is 1. The Morgan fingerprint density at radius 3 is 3.00 bits per heavy atom. The lowest BCUT2D eigenvalue weighted by Crippen LogP contribution is -2.44. The number of para-hydroxylation sites is 2. The Bertz CT molecular complexity index is 403. The third kappa shape index (κ3) is 3.34. The highest BCUT2D eigenvalue weighted by atomic mass is 32.1. The normalized spacial score (nSPS) is 15.9. The SMILES string of the molecule is COc1ccccc1NC(=S)N1CCCCCN1. The van der Waals surface area contributed by atoms with Gasteiger partial charge in [-0.2, -0.15) is 0 Å². The van der Waals surface area contributed by atoms with Gasteiger partial charge in [-0.15, -0.1) is 0 Å². The first-order valence-electron chi connectivity index (χ1n) is 6.26. The largest absolute Gasteiger partial charge is 0.495 e. The number of hydrogen-bond acceptors (Lipinski definition) is 3. The molecule has 4 nitrogen and oxygen atoms in total. The number of nitrogens with zero attached hydrogens (tertiary/aromatic N) is 1. The van der Waals surface area contributed by atoms with Crippen LogP contribution in [0.2, 0.25) is 0 Å². The van der Waals surface area contributed by atoms with Crippen LogP contribution in [-0.2, 0) is 0 Å². The number of anilines is 1. The van der Waals surface area contributed by atoms with Gasteiger partial charge in [0.1, 0.15) is 5.75 Å². The summed E-state index contributed by atoms with van der Waals surface area (Å²) < 4.78 is 5.30. The molecule has 0 saturated carbocycles. The van der Waals surface area contributed by atoms with E-state index >= 15 is 0 Å². The van der Waals surface area contributed by atoms with Gasteiger partial charge in [0, 0.05) is 13.1 Å². The van der Waals surface area contributed by atoms with Crippen LogP contribution in [-0.4, -0.2) is 30.3 Å². The van der Waals surface area contributed by atoms with Gasteiger partial charge in [0.15, 0.2) is 5.11 Å². The van der Waals surface area contributed by atoms with Crippen molar-refractivity contribution in [3.8, 4) is 5.75 Å². The quantitative estimate of drug-likeness (QED) is 0.803. The highest BCUT2D eigenvalue weighted by Crippen LogP contribution is 2.23. The molecular weight excluding hydrogens is 246 g/mol. The second-order valence-corrected chi connectivity index (χ2v) is 4.64. The van der Waals surface area contributed by atoms with Crippen LogP contribution in [0.1, 0.15) is 19.3 Å². The molecule has 1 aromatic rings. The predicted octanol–water partition coefficient (Wildman–Crippen LogP) is 2.38. The Morgan fingerprint density at radius 2 is 2.17 bits per heavy atom. The fourth-order valence-electron chi connectivity index (χ4n) is 1.97. The molecule has 2 rings (SSSR count). The molecule has 18 heavy (non-hydrogen) atoms. The molecule has 1 aliphatic heterocycles. The molecule has 1 aliphatic rings. The summed E-state index contributed by atoms with van der Waals surface area (Å²) >= 11 is 5.42. The predicted molar refractivity (Wildman–Crippen MR) is 77.8 cm³/mol. The highest BCUT2D eigenvalue weighted by Gasteiger charge is 2.13. The summed E-state index contributed by atoms with van der Waals surface area (Å²) in [5.41, 5.74) is 4.23. The molecule has 0 unspecified atom stereocenters. The average Bonchev–Trinajstić information content (AvgIpc) is 2.68. The van der Waals surface area contributed by atoms with Crippen LogP contribution in [0.5, 0.6) is 5.75 Å². The standard InChI is InChI=1S/C13H19N3OS/c1-17-12-8-4-3-7-11(12)15-13(18)16-10-6-2-5-9-14-16/h3-4,7-8,14H,2,5-6,9-10H2,1H3,(H,15,18). The fourth-order valence-corrected chi connectivity index (χ4v) is 2.23.